The van der Waals surface area contributed by atoms with Crippen molar-refractivity contribution in [1.29, 1.82) is 0 Å². The standard InChI is InChI=1S/C8H16O4/c1-3-11-5-4-6-12-7(2)8(9)10/h7H,3-6H2,1-2H3,(H,9,10)/t7-/m0/s1. The third-order valence-corrected chi connectivity index (χ3v) is 1.35. The van der Waals surface area contributed by atoms with Crippen LogP contribution in [0.5, 0.6) is 0 Å². The fraction of sp³-hybridized carbons (Fsp3) is 0.875. The van der Waals surface area contributed by atoms with E-state index in [0.29, 0.717) is 19.8 Å². The molecule has 0 aliphatic heterocycles. The van der Waals surface area contributed by atoms with Gasteiger partial charge in [-0.15, -0.1) is 0 Å². The minimum absolute atomic E-state index is 0.438. The zero-order valence-electron chi connectivity index (χ0n) is 7.58. The van der Waals surface area contributed by atoms with E-state index in [4.69, 9.17) is 14.6 Å². The van der Waals surface area contributed by atoms with E-state index in [0.717, 1.165) is 6.42 Å². The minimum Gasteiger partial charge on any atom is -0.479 e. The van der Waals surface area contributed by atoms with Crippen LogP contribution in [-0.2, 0) is 14.3 Å². The lowest BCUT2D eigenvalue weighted by atomic mass is 10.4. The predicted molar refractivity (Wildman–Crippen MR) is 44.2 cm³/mol. The molecule has 0 radical (unpaired) electrons. The van der Waals surface area contributed by atoms with Crippen molar-refractivity contribution < 1.29 is 19.4 Å². The topological polar surface area (TPSA) is 55.8 Å². The maximum Gasteiger partial charge on any atom is 0.332 e. The van der Waals surface area contributed by atoms with Gasteiger partial charge < -0.3 is 14.6 Å². The van der Waals surface area contributed by atoms with Crippen LogP contribution in [-0.4, -0.2) is 37.0 Å². The van der Waals surface area contributed by atoms with Crippen molar-refractivity contribution in [2.24, 2.45) is 0 Å². The lowest BCUT2D eigenvalue weighted by molar-refractivity contribution is -0.149. The molecular weight excluding hydrogens is 160 g/mol. The summed E-state index contributed by atoms with van der Waals surface area (Å²) in [4.78, 5) is 10.3. The Hall–Kier alpha value is -0.610. The summed E-state index contributed by atoms with van der Waals surface area (Å²) in [5.41, 5.74) is 0. The SMILES string of the molecule is CCOCCCO[C@@H](C)C(=O)O. The second-order valence-corrected chi connectivity index (χ2v) is 2.40. The van der Waals surface area contributed by atoms with Gasteiger partial charge in [-0.2, -0.15) is 0 Å². The summed E-state index contributed by atoms with van der Waals surface area (Å²) in [5.74, 6) is -0.925. The van der Waals surface area contributed by atoms with Crippen molar-refractivity contribution in [3.8, 4) is 0 Å². The summed E-state index contributed by atoms with van der Waals surface area (Å²) in [6.07, 6.45) is 0.0254. The highest BCUT2D eigenvalue weighted by atomic mass is 16.5. The van der Waals surface area contributed by atoms with Gasteiger partial charge in [-0.1, -0.05) is 0 Å². The summed E-state index contributed by atoms with van der Waals surface area (Å²) in [5, 5.41) is 8.43. The third kappa shape index (κ3) is 6.12. The first-order valence-electron chi connectivity index (χ1n) is 4.10. The molecule has 0 fully saturated rings. The lowest BCUT2D eigenvalue weighted by Gasteiger charge is -2.07. The first-order valence-corrected chi connectivity index (χ1v) is 4.10. The summed E-state index contributed by atoms with van der Waals surface area (Å²) in [7, 11) is 0. The van der Waals surface area contributed by atoms with Gasteiger partial charge in [0.2, 0.25) is 0 Å². The molecule has 0 aromatic heterocycles. The Labute approximate surface area is 72.5 Å². The number of carboxylic acid groups (broad SMARTS) is 1. The van der Waals surface area contributed by atoms with Crippen LogP contribution in [0.15, 0.2) is 0 Å². The van der Waals surface area contributed by atoms with Crippen LogP contribution in [0.4, 0.5) is 0 Å². The molecule has 0 aromatic rings. The Balaban J connectivity index is 3.14. The monoisotopic (exact) mass is 176 g/mol. The van der Waals surface area contributed by atoms with Gasteiger partial charge in [-0.25, -0.2) is 4.79 Å². The van der Waals surface area contributed by atoms with Crippen molar-refractivity contribution in [2.75, 3.05) is 19.8 Å². The number of carbonyl (C=O) groups is 1. The number of rotatable bonds is 7. The van der Waals surface area contributed by atoms with E-state index in [1.165, 1.54) is 6.92 Å². The second-order valence-electron chi connectivity index (χ2n) is 2.40. The molecule has 1 N–H and O–H groups in total. The molecule has 0 bridgehead atoms. The highest BCUT2D eigenvalue weighted by Gasteiger charge is 2.09. The zero-order valence-corrected chi connectivity index (χ0v) is 7.58. The molecule has 0 amide bonds. The summed E-state index contributed by atoms with van der Waals surface area (Å²) >= 11 is 0. The summed E-state index contributed by atoms with van der Waals surface area (Å²) < 4.78 is 10.0. The smallest absolute Gasteiger partial charge is 0.332 e. The Morgan fingerprint density at radius 2 is 2.17 bits per heavy atom. The second kappa shape index (κ2) is 7.06. The molecule has 0 saturated carbocycles. The van der Waals surface area contributed by atoms with E-state index >= 15 is 0 Å². The number of ether oxygens (including phenoxy) is 2. The molecule has 0 spiro atoms. The molecule has 0 aliphatic rings. The van der Waals surface area contributed by atoms with E-state index in [1.807, 2.05) is 6.92 Å². The van der Waals surface area contributed by atoms with Gasteiger partial charge in [-0.3, -0.25) is 0 Å². The molecule has 4 heteroatoms. The van der Waals surface area contributed by atoms with E-state index in [1.54, 1.807) is 0 Å². The van der Waals surface area contributed by atoms with E-state index in [9.17, 15) is 4.79 Å². The molecule has 0 unspecified atom stereocenters. The molecule has 0 heterocycles. The molecule has 12 heavy (non-hydrogen) atoms. The molecule has 1 atom stereocenters. The molecule has 72 valence electrons. The Morgan fingerprint density at radius 1 is 1.50 bits per heavy atom. The Kier molecular flexibility index (Phi) is 6.70. The first-order chi connectivity index (χ1) is 5.68. The Bertz CT molecular complexity index is 124. The first kappa shape index (κ1) is 11.4. The largest absolute Gasteiger partial charge is 0.479 e. The molecule has 0 aromatic carbocycles. The van der Waals surface area contributed by atoms with Crippen LogP contribution in [0.25, 0.3) is 0 Å². The zero-order chi connectivity index (χ0) is 9.40. The fourth-order valence-corrected chi connectivity index (χ4v) is 0.637. The molecule has 4 nitrogen and oxygen atoms in total. The summed E-state index contributed by atoms with van der Waals surface area (Å²) in [6, 6.07) is 0. The van der Waals surface area contributed by atoms with Crippen LogP contribution in [0.1, 0.15) is 20.3 Å². The molecule has 0 rings (SSSR count). The van der Waals surface area contributed by atoms with Gasteiger partial charge in [0, 0.05) is 19.8 Å². The molecule has 0 saturated heterocycles. The quantitative estimate of drug-likeness (QED) is 0.585. The minimum atomic E-state index is -0.925. The lowest BCUT2D eigenvalue weighted by Crippen LogP contribution is -2.20. The van der Waals surface area contributed by atoms with E-state index in [2.05, 4.69) is 0 Å². The fourth-order valence-electron chi connectivity index (χ4n) is 0.637. The van der Waals surface area contributed by atoms with Gasteiger partial charge in [0.05, 0.1) is 0 Å². The maximum atomic E-state index is 10.3. The predicted octanol–water partition coefficient (Wildman–Crippen LogP) is 0.903. The van der Waals surface area contributed by atoms with Crippen molar-refractivity contribution in [3.63, 3.8) is 0 Å². The van der Waals surface area contributed by atoms with Crippen LogP contribution in [0.2, 0.25) is 0 Å². The molecule has 0 aliphatic carbocycles. The van der Waals surface area contributed by atoms with Crippen molar-refractivity contribution in [2.45, 2.75) is 26.4 Å². The van der Waals surface area contributed by atoms with Gasteiger partial charge in [0.15, 0.2) is 6.10 Å². The van der Waals surface area contributed by atoms with E-state index < -0.39 is 12.1 Å². The van der Waals surface area contributed by atoms with Crippen LogP contribution in [0.3, 0.4) is 0 Å². The highest BCUT2D eigenvalue weighted by Crippen LogP contribution is 1.92. The van der Waals surface area contributed by atoms with Crippen molar-refractivity contribution in [1.82, 2.24) is 0 Å². The van der Waals surface area contributed by atoms with Gasteiger partial charge in [0.1, 0.15) is 0 Å². The number of carboxylic acids is 1. The number of hydrogen-bond acceptors (Lipinski definition) is 3. The van der Waals surface area contributed by atoms with Crippen LogP contribution < -0.4 is 0 Å². The number of hydrogen-bond donors (Lipinski definition) is 1. The number of aliphatic carboxylic acids is 1. The van der Waals surface area contributed by atoms with E-state index in [-0.39, 0.29) is 0 Å². The van der Waals surface area contributed by atoms with Crippen LogP contribution in [0, 0.1) is 0 Å². The maximum absolute atomic E-state index is 10.3. The third-order valence-electron chi connectivity index (χ3n) is 1.35. The van der Waals surface area contributed by atoms with Gasteiger partial charge >= 0.3 is 5.97 Å². The van der Waals surface area contributed by atoms with Crippen LogP contribution >= 0.6 is 0 Å². The van der Waals surface area contributed by atoms with Crippen molar-refractivity contribution >= 4 is 5.97 Å². The molecular formula is C8H16O4. The van der Waals surface area contributed by atoms with Gasteiger partial charge in [-0.05, 0) is 20.3 Å². The summed E-state index contributed by atoms with van der Waals surface area (Å²) in [6.45, 7) is 5.19. The van der Waals surface area contributed by atoms with Crippen molar-refractivity contribution in [3.05, 3.63) is 0 Å². The average molecular weight is 176 g/mol. The normalized spacial score (nSPS) is 12.8. The highest BCUT2D eigenvalue weighted by molar-refractivity contribution is 5.71. The van der Waals surface area contributed by atoms with Gasteiger partial charge in [0.25, 0.3) is 0 Å². The Morgan fingerprint density at radius 3 is 2.67 bits per heavy atom. The average Bonchev–Trinajstić information content (AvgIpc) is 2.03.